The number of methoxy groups -OCH3 is 1. The number of hydrogen-bond donors (Lipinski definition) is 1. The van der Waals surface area contributed by atoms with Crippen molar-refractivity contribution in [1.82, 2.24) is 0 Å². The van der Waals surface area contributed by atoms with Gasteiger partial charge in [0.25, 0.3) is 11.6 Å². The van der Waals surface area contributed by atoms with Crippen molar-refractivity contribution in [3.8, 4) is 23.0 Å². The smallest absolute Gasteiger partial charge is 0.296 e. The first-order chi connectivity index (χ1) is 14.5. The van der Waals surface area contributed by atoms with Gasteiger partial charge in [0.15, 0.2) is 11.5 Å². The Kier molecular flexibility index (Phi) is 5.40. The number of anilines is 1. The van der Waals surface area contributed by atoms with Crippen molar-refractivity contribution in [3.63, 3.8) is 0 Å². The summed E-state index contributed by atoms with van der Waals surface area (Å²) >= 11 is 1.22. The summed E-state index contributed by atoms with van der Waals surface area (Å²) in [4.78, 5) is 23.6. The highest BCUT2D eigenvalue weighted by Crippen LogP contribution is 2.35. The standard InChI is InChI=1S/C20H16N2O7S/c1-26-13-2-4-15(16(7-13)22(24)25)21-20(23)19-6-12(10-30-19)9-27-14-3-5-17-18(8-14)29-11-28-17/h2-8,10H,9,11H2,1H3,(H,21,23). The second-order valence-electron chi connectivity index (χ2n) is 6.22. The molecule has 0 fully saturated rings. The third-order valence-corrected chi connectivity index (χ3v) is 5.25. The molecule has 0 atom stereocenters. The summed E-state index contributed by atoms with van der Waals surface area (Å²) in [6.07, 6.45) is 0. The number of fused-ring (bicyclic) bond motifs is 1. The van der Waals surface area contributed by atoms with Crippen molar-refractivity contribution in [2.45, 2.75) is 6.61 Å². The van der Waals surface area contributed by atoms with Gasteiger partial charge >= 0.3 is 0 Å². The molecule has 4 rings (SSSR count). The predicted octanol–water partition coefficient (Wildman–Crippen LogP) is 4.22. The van der Waals surface area contributed by atoms with Crippen LogP contribution in [0.25, 0.3) is 0 Å². The third kappa shape index (κ3) is 4.13. The number of thiophene rings is 1. The van der Waals surface area contributed by atoms with Gasteiger partial charge in [0.2, 0.25) is 6.79 Å². The summed E-state index contributed by atoms with van der Waals surface area (Å²) in [5.41, 5.74) is 0.648. The minimum Gasteiger partial charge on any atom is -0.496 e. The van der Waals surface area contributed by atoms with Crippen molar-refractivity contribution in [2.24, 2.45) is 0 Å². The van der Waals surface area contributed by atoms with Gasteiger partial charge in [0.05, 0.1) is 23.0 Å². The molecule has 3 aromatic rings. The molecule has 154 valence electrons. The fraction of sp³-hybridized carbons (Fsp3) is 0.150. The SMILES string of the molecule is COc1ccc(NC(=O)c2cc(COc3ccc4c(c3)OCO4)cs2)c([N+](=O)[O-])c1. The van der Waals surface area contributed by atoms with Crippen molar-refractivity contribution < 1.29 is 28.7 Å². The summed E-state index contributed by atoms with van der Waals surface area (Å²) < 4.78 is 21.3. The average molecular weight is 428 g/mol. The molecule has 0 aliphatic carbocycles. The van der Waals surface area contributed by atoms with Crippen LogP contribution in [0, 0.1) is 10.1 Å². The second kappa shape index (κ2) is 8.29. The van der Waals surface area contributed by atoms with Crippen molar-refractivity contribution in [1.29, 1.82) is 0 Å². The van der Waals surface area contributed by atoms with E-state index in [1.165, 1.54) is 30.6 Å². The van der Waals surface area contributed by atoms with E-state index < -0.39 is 10.8 Å². The molecule has 0 saturated carbocycles. The molecule has 1 amide bonds. The quantitative estimate of drug-likeness (QED) is 0.443. The summed E-state index contributed by atoms with van der Waals surface area (Å²) in [5.74, 6) is 1.80. The van der Waals surface area contributed by atoms with Crippen LogP contribution in [0.1, 0.15) is 15.2 Å². The first-order valence-corrected chi connectivity index (χ1v) is 9.65. The summed E-state index contributed by atoms with van der Waals surface area (Å²) in [6, 6.07) is 11.2. The number of carbonyl (C=O) groups is 1. The molecule has 0 saturated heterocycles. The lowest BCUT2D eigenvalue weighted by atomic mass is 10.2. The van der Waals surface area contributed by atoms with Crippen molar-refractivity contribution >= 4 is 28.6 Å². The molecule has 2 aromatic carbocycles. The number of ether oxygens (including phenoxy) is 4. The number of rotatable bonds is 7. The van der Waals surface area contributed by atoms with Crippen LogP contribution in [0.2, 0.25) is 0 Å². The summed E-state index contributed by atoms with van der Waals surface area (Å²) in [7, 11) is 1.41. The Bertz CT molecular complexity index is 1110. The number of nitro benzene ring substituents is 1. The van der Waals surface area contributed by atoms with E-state index in [2.05, 4.69) is 5.32 Å². The Hall–Kier alpha value is -3.79. The van der Waals surface area contributed by atoms with E-state index in [1.54, 1.807) is 35.7 Å². The lowest BCUT2D eigenvalue weighted by Gasteiger charge is -2.07. The molecule has 1 aliphatic rings. The molecule has 0 radical (unpaired) electrons. The lowest BCUT2D eigenvalue weighted by molar-refractivity contribution is -0.384. The summed E-state index contributed by atoms with van der Waals surface area (Å²) in [6.45, 7) is 0.445. The average Bonchev–Trinajstić information content (AvgIpc) is 3.41. The minimum absolute atomic E-state index is 0.0948. The molecule has 1 N–H and O–H groups in total. The topological polar surface area (TPSA) is 109 Å². The van der Waals surface area contributed by atoms with Gasteiger partial charge in [-0.25, -0.2) is 0 Å². The van der Waals surface area contributed by atoms with E-state index in [0.717, 1.165) is 5.56 Å². The van der Waals surface area contributed by atoms with Gasteiger partial charge in [-0.15, -0.1) is 11.3 Å². The Labute approximate surface area is 174 Å². The highest BCUT2D eigenvalue weighted by Gasteiger charge is 2.19. The minimum atomic E-state index is -0.572. The van der Waals surface area contributed by atoms with Crippen LogP contribution < -0.4 is 24.3 Å². The zero-order valence-corrected chi connectivity index (χ0v) is 16.6. The lowest BCUT2D eigenvalue weighted by Crippen LogP contribution is -2.11. The maximum atomic E-state index is 12.5. The highest BCUT2D eigenvalue weighted by molar-refractivity contribution is 7.12. The largest absolute Gasteiger partial charge is 0.496 e. The van der Waals surface area contributed by atoms with Crippen LogP contribution in [-0.2, 0) is 6.61 Å². The van der Waals surface area contributed by atoms with Gasteiger partial charge in [0, 0.05) is 11.6 Å². The van der Waals surface area contributed by atoms with Gasteiger partial charge in [-0.1, -0.05) is 0 Å². The van der Waals surface area contributed by atoms with Crippen LogP contribution in [0.4, 0.5) is 11.4 Å². The first kappa shape index (κ1) is 19.5. The van der Waals surface area contributed by atoms with E-state index in [0.29, 0.717) is 27.9 Å². The normalized spacial score (nSPS) is 11.8. The Morgan fingerprint density at radius 2 is 1.97 bits per heavy atom. The van der Waals surface area contributed by atoms with E-state index in [1.807, 2.05) is 0 Å². The molecule has 9 nitrogen and oxygen atoms in total. The maximum Gasteiger partial charge on any atom is 0.296 e. The number of nitro groups is 1. The molecule has 1 aromatic heterocycles. The number of nitrogens with one attached hydrogen (secondary N) is 1. The molecule has 30 heavy (non-hydrogen) atoms. The van der Waals surface area contributed by atoms with Crippen LogP contribution in [0.15, 0.2) is 47.8 Å². The second-order valence-corrected chi connectivity index (χ2v) is 7.13. The maximum absolute atomic E-state index is 12.5. The molecule has 0 unspecified atom stereocenters. The number of benzene rings is 2. The predicted molar refractivity (Wildman–Crippen MR) is 109 cm³/mol. The third-order valence-electron chi connectivity index (χ3n) is 4.28. The molecule has 1 aliphatic heterocycles. The van der Waals surface area contributed by atoms with Crippen molar-refractivity contribution in [3.05, 3.63) is 68.4 Å². The van der Waals surface area contributed by atoms with Crippen LogP contribution in [0.3, 0.4) is 0 Å². The van der Waals surface area contributed by atoms with Crippen LogP contribution in [-0.4, -0.2) is 24.7 Å². The zero-order valence-electron chi connectivity index (χ0n) is 15.7. The number of amides is 1. The van der Waals surface area contributed by atoms with Gasteiger partial charge < -0.3 is 24.3 Å². The highest BCUT2D eigenvalue weighted by atomic mass is 32.1. The Balaban J connectivity index is 1.41. The molecule has 0 bridgehead atoms. The van der Waals surface area contributed by atoms with Crippen LogP contribution >= 0.6 is 11.3 Å². The number of hydrogen-bond acceptors (Lipinski definition) is 8. The molecular weight excluding hydrogens is 412 g/mol. The van der Waals surface area contributed by atoms with Gasteiger partial charge in [-0.2, -0.15) is 0 Å². The van der Waals surface area contributed by atoms with Gasteiger partial charge in [-0.3, -0.25) is 14.9 Å². The fourth-order valence-corrected chi connectivity index (χ4v) is 3.57. The number of carbonyl (C=O) groups excluding carboxylic acids is 1. The Morgan fingerprint density at radius 3 is 2.77 bits per heavy atom. The zero-order chi connectivity index (χ0) is 21.1. The molecule has 0 spiro atoms. The van der Waals surface area contributed by atoms with E-state index in [4.69, 9.17) is 18.9 Å². The number of nitrogens with zero attached hydrogens (tertiary/aromatic N) is 1. The molecule has 2 heterocycles. The Morgan fingerprint density at radius 1 is 1.17 bits per heavy atom. The van der Waals surface area contributed by atoms with Gasteiger partial charge in [0.1, 0.15) is 23.8 Å². The monoisotopic (exact) mass is 428 g/mol. The molecule has 10 heteroatoms. The molecular formula is C20H16N2O7S. The van der Waals surface area contributed by atoms with E-state index >= 15 is 0 Å². The van der Waals surface area contributed by atoms with Crippen molar-refractivity contribution in [2.75, 3.05) is 19.2 Å². The fourth-order valence-electron chi connectivity index (χ4n) is 2.78. The van der Waals surface area contributed by atoms with E-state index in [9.17, 15) is 14.9 Å². The van der Waals surface area contributed by atoms with Crippen LogP contribution in [0.5, 0.6) is 23.0 Å². The first-order valence-electron chi connectivity index (χ1n) is 8.77. The van der Waals surface area contributed by atoms with Gasteiger partial charge in [-0.05, 0) is 35.7 Å². The summed E-state index contributed by atoms with van der Waals surface area (Å²) in [5, 5.41) is 15.6. The van der Waals surface area contributed by atoms with E-state index in [-0.39, 0.29) is 24.8 Å².